The maximum atomic E-state index is 12.2. The molecular weight excluding hydrogens is 320 g/mol. The van der Waals surface area contributed by atoms with Crippen LogP contribution in [0, 0.1) is 0 Å². The smallest absolute Gasteiger partial charge is 0.256 e. The number of rotatable bonds is 7. The van der Waals surface area contributed by atoms with E-state index in [0.29, 0.717) is 24.5 Å². The predicted octanol–water partition coefficient (Wildman–Crippen LogP) is 1.32. The van der Waals surface area contributed by atoms with Crippen LogP contribution < -0.4 is 20.3 Å². The predicted molar refractivity (Wildman–Crippen MR) is 95.1 cm³/mol. The molecule has 2 aromatic rings. The van der Waals surface area contributed by atoms with E-state index in [1.807, 2.05) is 6.07 Å². The molecule has 1 saturated heterocycles. The van der Waals surface area contributed by atoms with Crippen molar-refractivity contribution in [2.75, 3.05) is 43.5 Å². The molecule has 0 aromatic carbocycles. The van der Waals surface area contributed by atoms with Gasteiger partial charge in [-0.1, -0.05) is 0 Å². The average molecular weight is 342 g/mol. The van der Waals surface area contributed by atoms with Gasteiger partial charge in [-0.3, -0.25) is 4.79 Å². The molecule has 8 heteroatoms. The lowest BCUT2D eigenvalue weighted by Crippen LogP contribution is -2.29. The Labute approximate surface area is 146 Å². The number of hydrogen-bond donors (Lipinski definition) is 2. The number of amides is 1. The zero-order valence-electron chi connectivity index (χ0n) is 14.2. The largest absolute Gasteiger partial charge is 0.480 e. The standard InChI is InChI=1S/C17H22N6O2/c1-25-17-13(5-4-6-20-17)16(24)19-8-7-18-14-11-15(22-12-21-14)23-9-2-3-10-23/h4-6,11-12H,2-3,7-10H2,1H3,(H,19,24)(H,18,21,22). The lowest BCUT2D eigenvalue weighted by atomic mass is 10.2. The van der Waals surface area contributed by atoms with E-state index in [1.165, 1.54) is 20.0 Å². The van der Waals surface area contributed by atoms with E-state index >= 15 is 0 Å². The number of nitrogens with zero attached hydrogens (tertiary/aromatic N) is 4. The van der Waals surface area contributed by atoms with Gasteiger partial charge in [-0.15, -0.1) is 0 Å². The van der Waals surface area contributed by atoms with E-state index in [2.05, 4.69) is 30.5 Å². The Morgan fingerprint density at radius 1 is 1.24 bits per heavy atom. The Hall–Kier alpha value is -2.90. The molecule has 2 aromatic heterocycles. The Balaban J connectivity index is 1.48. The number of nitrogens with one attached hydrogen (secondary N) is 2. The van der Waals surface area contributed by atoms with Crippen LogP contribution in [0.15, 0.2) is 30.7 Å². The lowest BCUT2D eigenvalue weighted by Gasteiger charge is -2.16. The van der Waals surface area contributed by atoms with Crippen molar-refractivity contribution in [3.63, 3.8) is 0 Å². The van der Waals surface area contributed by atoms with E-state index in [1.54, 1.807) is 24.7 Å². The van der Waals surface area contributed by atoms with Crippen molar-refractivity contribution in [1.82, 2.24) is 20.3 Å². The molecule has 25 heavy (non-hydrogen) atoms. The number of carbonyl (C=O) groups is 1. The Morgan fingerprint density at radius 3 is 2.88 bits per heavy atom. The molecule has 0 unspecified atom stereocenters. The maximum Gasteiger partial charge on any atom is 0.256 e. The van der Waals surface area contributed by atoms with E-state index in [4.69, 9.17) is 4.74 Å². The first-order valence-corrected chi connectivity index (χ1v) is 8.36. The highest BCUT2D eigenvalue weighted by atomic mass is 16.5. The highest BCUT2D eigenvalue weighted by molar-refractivity contribution is 5.96. The molecule has 2 N–H and O–H groups in total. The van der Waals surface area contributed by atoms with Gasteiger partial charge < -0.3 is 20.3 Å². The quantitative estimate of drug-likeness (QED) is 0.733. The molecular formula is C17H22N6O2. The van der Waals surface area contributed by atoms with E-state index in [0.717, 1.165) is 24.7 Å². The number of aromatic nitrogens is 3. The van der Waals surface area contributed by atoms with Crippen molar-refractivity contribution in [2.24, 2.45) is 0 Å². The van der Waals surface area contributed by atoms with Crippen molar-refractivity contribution < 1.29 is 9.53 Å². The van der Waals surface area contributed by atoms with Gasteiger partial charge in [-0.25, -0.2) is 15.0 Å². The SMILES string of the molecule is COc1ncccc1C(=O)NCCNc1cc(N2CCCC2)ncn1. The average Bonchev–Trinajstić information content (AvgIpc) is 3.20. The topological polar surface area (TPSA) is 92.3 Å². The van der Waals surface area contributed by atoms with Gasteiger partial charge >= 0.3 is 0 Å². The molecule has 1 amide bonds. The first kappa shape index (κ1) is 16.9. The van der Waals surface area contributed by atoms with Gasteiger partial charge in [0.1, 0.15) is 23.5 Å². The van der Waals surface area contributed by atoms with Crippen LogP contribution in [0.4, 0.5) is 11.6 Å². The van der Waals surface area contributed by atoms with Crippen molar-refractivity contribution in [1.29, 1.82) is 0 Å². The molecule has 1 fully saturated rings. The van der Waals surface area contributed by atoms with Gasteiger partial charge in [-0.2, -0.15) is 0 Å². The van der Waals surface area contributed by atoms with Gasteiger partial charge in [0.05, 0.1) is 7.11 Å². The Kier molecular flexibility index (Phi) is 5.61. The molecule has 132 valence electrons. The Bertz CT molecular complexity index is 718. The summed E-state index contributed by atoms with van der Waals surface area (Å²) in [7, 11) is 1.49. The minimum atomic E-state index is -0.216. The molecule has 0 bridgehead atoms. The van der Waals surface area contributed by atoms with Crippen molar-refractivity contribution in [3.8, 4) is 5.88 Å². The number of pyridine rings is 1. The molecule has 0 saturated carbocycles. The fraction of sp³-hybridized carbons (Fsp3) is 0.412. The Morgan fingerprint density at radius 2 is 2.08 bits per heavy atom. The van der Waals surface area contributed by atoms with Gasteiger partial charge in [0.25, 0.3) is 5.91 Å². The monoisotopic (exact) mass is 342 g/mol. The molecule has 0 spiro atoms. The summed E-state index contributed by atoms with van der Waals surface area (Å²) >= 11 is 0. The molecule has 0 aliphatic carbocycles. The normalized spacial score (nSPS) is 13.6. The van der Waals surface area contributed by atoms with Crippen LogP contribution in [0.3, 0.4) is 0 Å². The summed E-state index contributed by atoms with van der Waals surface area (Å²) in [4.78, 5) is 27.0. The van der Waals surface area contributed by atoms with Crippen molar-refractivity contribution in [3.05, 3.63) is 36.3 Å². The lowest BCUT2D eigenvalue weighted by molar-refractivity contribution is 0.0951. The zero-order chi connectivity index (χ0) is 17.5. The molecule has 1 aliphatic rings. The highest BCUT2D eigenvalue weighted by Crippen LogP contribution is 2.19. The van der Waals surface area contributed by atoms with Crippen LogP contribution >= 0.6 is 0 Å². The number of ether oxygens (including phenoxy) is 1. The van der Waals surface area contributed by atoms with Gasteiger partial charge in [0, 0.05) is 38.4 Å². The molecule has 1 aliphatic heterocycles. The number of anilines is 2. The van der Waals surface area contributed by atoms with Crippen molar-refractivity contribution in [2.45, 2.75) is 12.8 Å². The molecule has 3 heterocycles. The second kappa shape index (κ2) is 8.27. The minimum Gasteiger partial charge on any atom is -0.480 e. The summed E-state index contributed by atoms with van der Waals surface area (Å²) < 4.78 is 5.09. The third-order valence-electron chi connectivity index (χ3n) is 4.01. The minimum absolute atomic E-state index is 0.216. The van der Waals surface area contributed by atoms with E-state index in [9.17, 15) is 4.79 Å². The van der Waals surface area contributed by atoms with Gasteiger partial charge in [0.2, 0.25) is 5.88 Å². The molecule has 3 rings (SSSR count). The third kappa shape index (κ3) is 4.34. The third-order valence-corrected chi connectivity index (χ3v) is 4.01. The second-order valence-electron chi connectivity index (χ2n) is 5.70. The second-order valence-corrected chi connectivity index (χ2v) is 5.70. The van der Waals surface area contributed by atoms with E-state index in [-0.39, 0.29) is 5.91 Å². The summed E-state index contributed by atoms with van der Waals surface area (Å²) in [5.41, 5.74) is 0.420. The number of hydrogen-bond acceptors (Lipinski definition) is 7. The van der Waals surface area contributed by atoms with Crippen molar-refractivity contribution >= 4 is 17.5 Å². The van der Waals surface area contributed by atoms with Crippen LogP contribution in [0.5, 0.6) is 5.88 Å². The van der Waals surface area contributed by atoms with Crippen LogP contribution in [-0.2, 0) is 0 Å². The highest BCUT2D eigenvalue weighted by Gasteiger charge is 2.14. The fourth-order valence-corrected chi connectivity index (χ4v) is 2.75. The van der Waals surface area contributed by atoms with Crippen LogP contribution in [0.2, 0.25) is 0 Å². The van der Waals surface area contributed by atoms with E-state index < -0.39 is 0 Å². The molecule has 0 atom stereocenters. The van der Waals surface area contributed by atoms with Crippen LogP contribution in [-0.4, -0.2) is 54.1 Å². The summed E-state index contributed by atoms with van der Waals surface area (Å²) in [5.74, 6) is 1.80. The van der Waals surface area contributed by atoms with Crippen LogP contribution in [0.25, 0.3) is 0 Å². The summed E-state index contributed by atoms with van der Waals surface area (Å²) in [6.45, 7) is 3.10. The first-order valence-electron chi connectivity index (χ1n) is 8.36. The number of carbonyl (C=O) groups excluding carboxylic acids is 1. The fourth-order valence-electron chi connectivity index (χ4n) is 2.75. The first-order chi connectivity index (χ1) is 12.3. The summed E-state index contributed by atoms with van der Waals surface area (Å²) in [6.07, 6.45) is 5.56. The van der Waals surface area contributed by atoms with Gasteiger partial charge in [0.15, 0.2) is 0 Å². The van der Waals surface area contributed by atoms with Gasteiger partial charge in [-0.05, 0) is 25.0 Å². The molecule has 0 radical (unpaired) electrons. The summed E-state index contributed by atoms with van der Waals surface area (Å²) in [6, 6.07) is 5.33. The maximum absolute atomic E-state index is 12.2. The number of methoxy groups -OCH3 is 1. The summed E-state index contributed by atoms with van der Waals surface area (Å²) in [5, 5.41) is 6.04. The zero-order valence-corrected chi connectivity index (χ0v) is 14.2. The molecule has 8 nitrogen and oxygen atoms in total. The van der Waals surface area contributed by atoms with Crippen LogP contribution in [0.1, 0.15) is 23.2 Å².